The molecule has 5 nitrogen and oxygen atoms in total. The van der Waals surface area contributed by atoms with Crippen molar-refractivity contribution in [2.24, 2.45) is 0 Å². The van der Waals surface area contributed by atoms with E-state index in [1.807, 2.05) is 29.3 Å². The van der Waals surface area contributed by atoms with Gasteiger partial charge in [-0.15, -0.1) is 0 Å². The Kier molecular flexibility index (Phi) is 5.52. The van der Waals surface area contributed by atoms with Crippen LogP contribution >= 0.6 is 0 Å². The molecule has 1 aliphatic heterocycles. The van der Waals surface area contributed by atoms with E-state index in [2.05, 4.69) is 34.6 Å². The summed E-state index contributed by atoms with van der Waals surface area (Å²) in [5.74, 6) is 0.0737. The van der Waals surface area contributed by atoms with Gasteiger partial charge in [0.2, 0.25) is 5.91 Å². The highest BCUT2D eigenvalue weighted by atomic mass is 16.2. The Morgan fingerprint density at radius 1 is 1.24 bits per heavy atom. The van der Waals surface area contributed by atoms with Crippen molar-refractivity contribution < 1.29 is 4.79 Å². The van der Waals surface area contributed by atoms with E-state index in [-0.39, 0.29) is 5.91 Å². The van der Waals surface area contributed by atoms with E-state index in [9.17, 15) is 4.79 Å². The zero-order valence-corrected chi connectivity index (χ0v) is 14.7. The molecule has 1 aromatic carbocycles. The Balaban J connectivity index is 1.75. The first-order valence-corrected chi connectivity index (χ1v) is 8.87. The number of carbonyl (C=O) groups is 1. The highest BCUT2D eigenvalue weighted by molar-refractivity contribution is 5.96. The molecule has 0 atom stereocenters. The van der Waals surface area contributed by atoms with Crippen molar-refractivity contribution in [2.75, 3.05) is 32.7 Å². The van der Waals surface area contributed by atoms with Gasteiger partial charge in [-0.05, 0) is 18.7 Å². The van der Waals surface area contributed by atoms with E-state index in [0.717, 1.165) is 49.2 Å². The third-order valence-electron chi connectivity index (χ3n) is 4.82. The summed E-state index contributed by atoms with van der Waals surface area (Å²) in [5, 5.41) is 9.94. The zero-order chi connectivity index (χ0) is 17.6. The van der Waals surface area contributed by atoms with Gasteiger partial charge in [-0.1, -0.05) is 25.1 Å². The average Bonchev–Trinajstić information content (AvgIpc) is 3.02. The van der Waals surface area contributed by atoms with E-state index in [1.165, 1.54) is 0 Å². The van der Waals surface area contributed by atoms with Crippen molar-refractivity contribution >= 4 is 22.9 Å². The molecule has 1 aromatic heterocycles. The Morgan fingerprint density at radius 2 is 2.00 bits per heavy atom. The van der Waals surface area contributed by atoms with Crippen molar-refractivity contribution in [3.8, 4) is 6.07 Å². The van der Waals surface area contributed by atoms with Crippen LogP contribution in [-0.2, 0) is 11.3 Å². The Morgan fingerprint density at radius 3 is 2.72 bits per heavy atom. The van der Waals surface area contributed by atoms with Crippen LogP contribution in [0.4, 0.5) is 0 Å². The molecule has 3 rings (SSSR count). The summed E-state index contributed by atoms with van der Waals surface area (Å²) in [6.45, 7) is 7.34. The minimum absolute atomic E-state index is 0.0737. The predicted molar refractivity (Wildman–Crippen MR) is 99.9 cm³/mol. The lowest BCUT2D eigenvalue weighted by Gasteiger charge is -2.33. The van der Waals surface area contributed by atoms with E-state index in [0.29, 0.717) is 13.0 Å². The summed E-state index contributed by atoms with van der Waals surface area (Å²) in [7, 11) is 0. The van der Waals surface area contributed by atoms with Gasteiger partial charge >= 0.3 is 0 Å². The third-order valence-corrected chi connectivity index (χ3v) is 4.82. The van der Waals surface area contributed by atoms with Crippen LogP contribution in [0, 0.1) is 11.3 Å². The van der Waals surface area contributed by atoms with Crippen LogP contribution in [0.3, 0.4) is 0 Å². The molecule has 0 N–H and O–H groups in total. The lowest BCUT2D eigenvalue weighted by molar-refractivity contribution is -0.127. The van der Waals surface area contributed by atoms with Crippen molar-refractivity contribution in [1.82, 2.24) is 14.4 Å². The standard InChI is InChI=1S/C20H24N4O/c1-2-22-12-14-23(15-13-22)20(25)9-8-17-16-24(11-5-10-21)19-7-4-3-6-18(17)19/h3-4,6-9,16H,2,5,11-15H2,1H3/b9-8+. The van der Waals surface area contributed by atoms with Crippen molar-refractivity contribution in [1.29, 1.82) is 5.26 Å². The molecule has 5 heteroatoms. The molecule has 2 aromatic rings. The number of benzene rings is 1. The number of amides is 1. The molecule has 0 saturated carbocycles. The molecule has 0 aliphatic carbocycles. The first kappa shape index (κ1) is 17.2. The number of nitriles is 1. The first-order valence-electron chi connectivity index (χ1n) is 8.87. The summed E-state index contributed by atoms with van der Waals surface area (Å²) in [6.07, 6.45) is 6.08. The van der Waals surface area contributed by atoms with Gasteiger partial charge in [0.1, 0.15) is 0 Å². The number of piperazine rings is 1. The van der Waals surface area contributed by atoms with Crippen molar-refractivity contribution in [3.63, 3.8) is 0 Å². The molecule has 1 aliphatic rings. The van der Waals surface area contributed by atoms with Crippen LogP contribution in [0.25, 0.3) is 17.0 Å². The van der Waals surface area contributed by atoms with Crippen LogP contribution in [0.15, 0.2) is 36.5 Å². The van der Waals surface area contributed by atoms with Gasteiger partial charge in [-0.25, -0.2) is 0 Å². The molecule has 0 bridgehead atoms. The number of hydrogen-bond acceptors (Lipinski definition) is 3. The van der Waals surface area contributed by atoms with Crippen LogP contribution in [-0.4, -0.2) is 53.0 Å². The number of aryl methyl sites for hydroxylation is 1. The number of rotatable bonds is 5. The molecule has 0 spiro atoms. The average molecular weight is 336 g/mol. The molecule has 0 unspecified atom stereocenters. The van der Waals surface area contributed by atoms with Crippen LogP contribution in [0.5, 0.6) is 0 Å². The van der Waals surface area contributed by atoms with Gasteiger partial charge in [0.05, 0.1) is 12.5 Å². The van der Waals surface area contributed by atoms with E-state index in [1.54, 1.807) is 6.08 Å². The lowest BCUT2D eigenvalue weighted by atomic mass is 10.1. The smallest absolute Gasteiger partial charge is 0.246 e. The van der Waals surface area contributed by atoms with Crippen LogP contribution < -0.4 is 0 Å². The molecule has 1 saturated heterocycles. The molecular formula is C20H24N4O. The number of hydrogen-bond donors (Lipinski definition) is 0. The second-order valence-corrected chi connectivity index (χ2v) is 6.30. The molecular weight excluding hydrogens is 312 g/mol. The predicted octanol–water partition coefficient (Wildman–Crippen LogP) is 2.73. The highest BCUT2D eigenvalue weighted by Gasteiger charge is 2.18. The normalized spacial score (nSPS) is 15.8. The summed E-state index contributed by atoms with van der Waals surface area (Å²) < 4.78 is 2.09. The van der Waals surface area contributed by atoms with Crippen molar-refractivity contribution in [2.45, 2.75) is 19.9 Å². The molecule has 1 fully saturated rings. The third kappa shape index (κ3) is 3.92. The quantitative estimate of drug-likeness (QED) is 0.789. The SMILES string of the molecule is CCN1CCN(C(=O)/C=C/c2cn(CCC#N)c3ccccc23)CC1. The maximum atomic E-state index is 12.5. The topological polar surface area (TPSA) is 52.3 Å². The number of fused-ring (bicyclic) bond motifs is 1. The fourth-order valence-corrected chi connectivity index (χ4v) is 3.31. The van der Waals surface area contributed by atoms with Gasteiger partial charge in [0.15, 0.2) is 0 Å². The van der Waals surface area contributed by atoms with Crippen LogP contribution in [0.2, 0.25) is 0 Å². The minimum Gasteiger partial charge on any atom is -0.346 e. The number of para-hydroxylation sites is 1. The summed E-state index contributed by atoms with van der Waals surface area (Å²) in [6, 6.07) is 10.3. The highest BCUT2D eigenvalue weighted by Crippen LogP contribution is 2.23. The monoisotopic (exact) mass is 336 g/mol. The number of likely N-dealkylation sites (N-methyl/N-ethyl adjacent to an activating group) is 1. The Bertz CT molecular complexity index is 807. The largest absolute Gasteiger partial charge is 0.346 e. The zero-order valence-electron chi connectivity index (χ0n) is 14.7. The number of nitrogens with zero attached hydrogens (tertiary/aromatic N) is 4. The second-order valence-electron chi connectivity index (χ2n) is 6.30. The molecule has 1 amide bonds. The minimum atomic E-state index is 0.0737. The maximum Gasteiger partial charge on any atom is 0.246 e. The van der Waals surface area contributed by atoms with Gasteiger partial charge in [0.25, 0.3) is 0 Å². The summed E-state index contributed by atoms with van der Waals surface area (Å²) in [4.78, 5) is 16.7. The second kappa shape index (κ2) is 8.00. The fraction of sp³-hybridized carbons (Fsp3) is 0.400. The molecule has 2 heterocycles. The van der Waals surface area contributed by atoms with Gasteiger partial charge in [-0.3, -0.25) is 4.79 Å². The number of aromatic nitrogens is 1. The van der Waals surface area contributed by atoms with Crippen molar-refractivity contribution in [3.05, 3.63) is 42.1 Å². The lowest BCUT2D eigenvalue weighted by Crippen LogP contribution is -2.48. The maximum absolute atomic E-state index is 12.5. The molecule has 130 valence electrons. The summed E-state index contributed by atoms with van der Waals surface area (Å²) >= 11 is 0. The van der Waals surface area contributed by atoms with E-state index >= 15 is 0 Å². The fourth-order valence-electron chi connectivity index (χ4n) is 3.31. The molecule has 25 heavy (non-hydrogen) atoms. The first-order chi connectivity index (χ1) is 12.2. The molecule has 0 radical (unpaired) electrons. The van der Waals surface area contributed by atoms with E-state index < -0.39 is 0 Å². The van der Waals surface area contributed by atoms with Gasteiger partial charge in [-0.2, -0.15) is 5.26 Å². The van der Waals surface area contributed by atoms with Gasteiger partial charge < -0.3 is 14.4 Å². The Labute approximate surface area is 148 Å². The number of carbonyl (C=O) groups excluding carboxylic acids is 1. The van der Waals surface area contributed by atoms with Crippen LogP contribution in [0.1, 0.15) is 18.9 Å². The summed E-state index contributed by atoms with van der Waals surface area (Å²) in [5.41, 5.74) is 2.12. The van der Waals surface area contributed by atoms with Gasteiger partial charge in [0, 0.05) is 61.5 Å². The van der Waals surface area contributed by atoms with E-state index in [4.69, 9.17) is 5.26 Å². The Hall–Kier alpha value is -2.58.